The van der Waals surface area contributed by atoms with Crippen LogP contribution in [-0.2, 0) is 25.5 Å². The van der Waals surface area contributed by atoms with Gasteiger partial charge in [-0.05, 0) is 80.1 Å². The van der Waals surface area contributed by atoms with Crippen LogP contribution in [0.5, 0.6) is 5.75 Å². The Balaban J connectivity index is 1.33. The monoisotopic (exact) mass is 711 g/mol. The summed E-state index contributed by atoms with van der Waals surface area (Å²) in [6.45, 7) is 20.9. The van der Waals surface area contributed by atoms with Gasteiger partial charge in [0.05, 0.1) is 23.5 Å². The van der Waals surface area contributed by atoms with E-state index in [0.717, 1.165) is 24.2 Å². The average molecular weight is 712 g/mol. The van der Waals surface area contributed by atoms with Crippen LogP contribution >= 0.6 is 0 Å². The molecule has 4 N–H and O–H groups in total. The Bertz CT molecular complexity index is 1910. The molecule has 0 radical (unpaired) electrons. The summed E-state index contributed by atoms with van der Waals surface area (Å²) in [6, 6.07) is 7.75. The van der Waals surface area contributed by atoms with E-state index >= 15 is 0 Å². The Kier molecular flexibility index (Phi) is 6.97. The van der Waals surface area contributed by atoms with Crippen LogP contribution in [0.2, 0.25) is 0 Å². The number of carbonyl (C=O) groups excluding carboxylic acids is 2. The quantitative estimate of drug-likeness (QED) is 0.264. The predicted octanol–water partition coefficient (Wildman–Crippen LogP) is 5.93. The van der Waals surface area contributed by atoms with Crippen LogP contribution in [0, 0.1) is 64.1 Å². The van der Waals surface area contributed by atoms with E-state index in [-0.39, 0.29) is 58.5 Å². The summed E-state index contributed by atoms with van der Waals surface area (Å²) in [5.41, 5.74) is -0.0773. The zero-order valence-electron chi connectivity index (χ0n) is 31.5. The Hall–Kier alpha value is -3.24. The summed E-state index contributed by atoms with van der Waals surface area (Å²) in [5.74, 6) is -8.18. The van der Waals surface area contributed by atoms with E-state index in [1.807, 2.05) is 44.2 Å². The number of rotatable bonds is 1. The Morgan fingerprint density at radius 3 is 2.35 bits per heavy atom. The van der Waals surface area contributed by atoms with Gasteiger partial charge in [0.15, 0.2) is 11.5 Å². The van der Waals surface area contributed by atoms with Gasteiger partial charge in [0, 0.05) is 41.1 Å². The van der Waals surface area contributed by atoms with Gasteiger partial charge in [0.2, 0.25) is 11.6 Å². The summed E-state index contributed by atoms with van der Waals surface area (Å²) in [6.07, 6.45) is 5.38. The number of aliphatic hydroxyl groups is 3. The molecule has 9 nitrogen and oxygen atoms in total. The van der Waals surface area contributed by atoms with Crippen molar-refractivity contribution in [1.82, 2.24) is 5.32 Å². The molecule has 52 heavy (non-hydrogen) atoms. The lowest BCUT2D eigenvalue weighted by Gasteiger charge is -2.50. The van der Waals surface area contributed by atoms with E-state index in [1.54, 1.807) is 13.8 Å². The fourth-order valence-corrected chi connectivity index (χ4v) is 13.8. The highest BCUT2D eigenvalue weighted by Gasteiger charge is 2.81. The number of Topliss-reactive ketones (excluding diaryl/α,β-unsaturated/α-hetero) is 1. The molecule has 5 fully saturated rings. The third kappa shape index (κ3) is 3.93. The van der Waals surface area contributed by atoms with Crippen LogP contribution in [0.15, 0.2) is 71.0 Å². The zero-order valence-corrected chi connectivity index (χ0v) is 31.5. The lowest BCUT2D eigenvalue weighted by molar-refractivity contribution is -0.379. The molecule has 1 aromatic rings. The second-order valence-corrected chi connectivity index (χ2v) is 18.5. The molecule has 9 heteroatoms. The van der Waals surface area contributed by atoms with E-state index in [9.17, 15) is 24.9 Å². The van der Waals surface area contributed by atoms with E-state index in [4.69, 9.17) is 14.2 Å². The van der Waals surface area contributed by atoms with Crippen molar-refractivity contribution in [1.29, 1.82) is 0 Å². The highest BCUT2D eigenvalue weighted by atomic mass is 16.7. The van der Waals surface area contributed by atoms with Crippen molar-refractivity contribution in [2.75, 3.05) is 0 Å². The van der Waals surface area contributed by atoms with Crippen molar-refractivity contribution in [3.63, 3.8) is 0 Å². The van der Waals surface area contributed by atoms with E-state index in [1.165, 1.54) is 5.57 Å². The molecule has 4 bridgehead atoms. The van der Waals surface area contributed by atoms with Crippen molar-refractivity contribution in [3.8, 4) is 5.75 Å². The van der Waals surface area contributed by atoms with Crippen LogP contribution in [0.25, 0.3) is 0 Å². The maximum atomic E-state index is 14.7. The highest BCUT2D eigenvalue weighted by Crippen LogP contribution is 2.70. The van der Waals surface area contributed by atoms with Crippen molar-refractivity contribution >= 4 is 11.7 Å². The summed E-state index contributed by atoms with van der Waals surface area (Å²) >= 11 is 0. The molecule has 0 aromatic heterocycles. The minimum Gasteiger partial charge on any atom is -0.511 e. The van der Waals surface area contributed by atoms with Crippen LogP contribution in [-0.4, -0.2) is 56.5 Å². The Morgan fingerprint density at radius 1 is 0.981 bits per heavy atom. The van der Waals surface area contributed by atoms with Crippen LogP contribution in [0.3, 0.4) is 0 Å². The normalized spacial score (nSPS) is 51.6. The van der Waals surface area contributed by atoms with E-state index in [2.05, 4.69) is 45.7 Å². The first-order valence-corrected chi connectivity index (χ1v) is 19.3. The van der Waals surface area contributed by atoms with E-state index < -0.39 is 58.3 Å². The smallest absolute Gasteiger partial charge is 0.253 e. The van der Waals surface area contributed by atoms with Crippen molar-refractivity contribution in [2.24, 2.45) is 64.1 Å². The van der Waals surface area contributed by atoms with Gasteiger partial charge in [-0.2, -0.15) is 0 Å². The minimum absolute atomic E-state index is 0.00759. The highest BCUT2D eigenvalue weighted by molar-refractivity contribution is 6.05. The number of carbonyl (C=O) groups is 2. The van der Waals surface area contributed by atoms with Crippen molar-refractivity contribution < 1.29 is 39.1 Å². The first kappa shape index (κ1) is 34.5. The lowest BCUT2D eigenvalue weighted by atomic mass is 9.53. The molecule has 5 aliphatic heterocycles. The average Bonchev–Trinajstić information content (AvgIpc) is 3.66. The largest absolute Gasteiger partial charge is 0.511 e. The first-order chi connectivity index (χ1) is 24.4. The summed E-state index contributed by atoms with van der Waals surface area (Å²) in [7, 11) is 0. The number of aliphatic hydroxyl groups excluding tert-OH is 1. The SMILES string of the molecule is C=CC1(C)C=C(C)C2C3C(Oc4ccc(cc4)CC45NC(=O)C(=C(O)C31)C4C1C(=O)C(C)=C3C(C)C(C)OC3(O)C1(O)O5)C1C(C)CC(C)CC21C. The molecule has 10 rings (SSSR count). The maximum absolute atomic E-state index is 14.7. The van der Waals surface area contributed by atoms with Gasteiger partial charge in [-0.1, -0.05) is 64.5 Å². The van der Waals surface area contributed by atoms with Crippen LogP contribution in [0.1, 0.15) is 73.8 Å². The maximum Gasteiger partial charge on any atom is 0.253 e. The molecule has 16 atom stereocenters. The van der Waals surface area contributed by atoms with Gasteiger partial charge in [-0.25, -0.2) is 0 Å². The predicted molar refractivity (Wildman–Crippen MR) is 192 cm³/mol. The number of nitrogens with one attached hydrogen (secondary N) is 1. The van der Waals surface area contributed by atoms with Gasteiger partial charge in [-0.3, -0.25) is 9.59 Å². The molecule has 9 aliphatic rings. The minimum atomic E-state index is -2.56. The second-order valence-electron chi connectivity index (χ2n) is 18.5. The summed E-state index contributed by atoms with van der Waals surface area (Å²) in [5, 5.41) is 41.3. The van der Waals surface area contributed by atoms with Crippen molar-refractivity contribution in [3.05, 3.63) is 76.6 Å². The molecule has 278 valence electrons. The molecule has 3 saturated heterocycles. The van der Waals surface area contributed by atoms with Crippen LogP contribution < -0.4 is 10.1 Å². The molecule has 1 aromatic carbocycles. The fraction of sp³-hybridized carbons (Fsp3) is 0.628. The van der Waals surface area contributed by atoms with Gasteiger partial charge in [0.25, 0.3) is 5.91 Å². The Labute approximate surface area is 306 Å². The number of allylic oxidation sites excluding steroid dienone is 5. The zero-order chi connectivity index (χ0) is 37.2. The fourth-order valence-electron chi connectivity index (χ4n) is 13.8. The number of benzene rings is 1. The third-order valence-corrected chi connectivity index (χ3v) is 15.4. The first-order valence-electron chi connectivity index (χ1n) is 19.3. The molecule has 5 heterocycles. The van der Waals surface area contributed by atoms with Crippen LogP contribution in [0.4, 0.5) is 0 Å². The molecule has 16 unspecified atom stereocenters. The number of ether oxygens (including phenoxy) is 3. The molecule has 1 amide bonds. The number of ketones is 1. The topological polar surface area (TPSA) is 135 Å². The van der Waals surface area contributed by atoms with E-state index in [0.29, 0.717) is 17.4 Å². The second kappa shape index (κ2) is 10.5. The van der Waals surface area contributed by atoms with Gasteiger partial charge >= 0.3 is 0 Å². The number of hydrogen-bond donors (Lipinski definition) is 4. The number of hydrogen-bond acceptors (Lipinski definition) is 8. The molecular formula is C43H53NO8. The molecule has 4 aliphatic carbocycles. The number of fused-ring (bicyclic) bond motifs is 7. The Morgan fingerprint density at radius 2 is 1.67 bits per heavy atom. The van der Waals surface area contributed by atoms with Gasteiger partial charge < -0.3 is 34.8 Å². The standard InChI is InChI=1S/C43H53NO8/c1-10-39(8)17-21(4)29-27-33(39)36(46)28-32-34-35(45)23(6)31-22(5)24(7)51-42(31,48)43(34,49)52-41(32,44-38(28)47)18-25-11-13-26(14-12-25)50-37(27)30-20(3)15-19(2)16-40(29,30)9/h10-14,17,19-20,22,24,27,29-30,32-34,37,46,48-49H,1,15-16,18H2,2-9H3,(H,44,47). The third-order valence-electron chi connectivity index (χ3n) is 15.4. The summed E-state index contributed by atoms with van der Waals surface area (Å²) < 4.78 is 20.0. The van der Waals surface area contributed by atoms with Crippen molar-refractivity contribution in [2.45, 2.75) is 104 Å². The number of amides is 1. The lowest BCUT2D eigenvalue weighted by Crippen LogP contribution is -2.65. The molecule has 0 spiro atoms. The van der Waals surface area contributed by atoms with Gasteiger partial charge in [-0.15, -0.1) is 6.58 Å². The van der Waals surface area contributed by atoms with Gasteiger partial charge in [0.1, 0.15) is 17.6 Å². The summed E-state index contributed by atoms with van der Waals surface area (Å²) in [4.78, 5) is 29.4. The molecule has 2 saturated carbocycles. The molecular weight excluding hydrogens is 658 g/mol.